The van der Waals surface area contributed by atoms with Crippen LogP contribution in [0.4, 0.5) is 8.78 Å². The minimum atomic E-state index is -3.49. The number of hydrogen-bond acceptors (Lipinski definition) is 5. The minimum absolute atomic E-state index is 0.0241. The molecule has 0 aromatic heterocycles. The van der Waals surface area contributed by atoms with Crippen LogP contribution in [0.1, 0.15) is 37.3 Å². The molecule has 0 spiro atoms. The summed E-state index contributed by atoms with van der Waals surface area (Å²) in [5.41, 5.74) is 6.00. The van der Waals surface area contributed by atoms with Crippen molar-refractivity contribution in [1.29, 1.82) is 0 Å². The maximum Gasteiger partial charge on any atom is 0.240 e. The number of sulfonamides is 1. The van der Waals surface area contributed by atoms with Crippen LogP contribution in [0.2, 0.25) is 0 Å². The van der Waals surface area contributed by atoms with Gasteiger partial charge in [0.15, 0.2) is 0 Å². The highest BCUT2D eigenvalue weighted by molar-refractivity contribution is 7.89. The van der Waals surface area contributed by atoms with E-state index in [1.54, 1.807) is 12.1 Å². The molecule has 1 fully saturated rings. The molecule has 1 saturated heterocycles. The lowest BCUT2D eigenvalue weighted by Gasteiger charge is -2.47. The van der Waals surface area contributed by atoms with Gasteiger partial charge in [-0.25, -0.2) is 21.9 Å². The van der Waals surface area contributed by atoms with Gasteiger partial charge in [0, 0.05) is 38.0 Å². The van der Waals surface area contributed by atoms with Crippen LogP contribution >= 0.6 is 0 Å². The summed E-state index contributed by atoms with van der Waals surface area (Å²) in [4.78, 5) is 2.48. The Morgan fingerprint density at radius 1 is 1.32 bits per heavy atom. The molecule has 2 heterocycles. The molecule has 0 radical (unpaired) electrons. The van der Waals surface area contributed by atoms with Gasteiger partial charge in [-0.1, -0.05) is 6.07 Å². The van der Waals surface area contributed by atoms with Gasteiger partial charge < -0.3 is 10.5 Å². The maximum atomic E-state index is 15.2. The number of fused-ring (bicyclic) bond motifs is 1. The van der Waals surface area contributed by atoms with E-state index in [9.17, 15) is 12.8 Å². The Kier molecular flexibility index (Phi) is 5.85. The quantitative estimate of drug-likeness (QED) is 0.716. The highest BCUT2D eigenvalue weighted by Gasteiger charge is 2.47. The molecule has 1 aromatic carbocycles. The van der Waals surface area contributed by atoms with E-state index in [0.717, 1.165) is 17.2 Å². The number of halogens is 2. The number of alkyl halides is 1. The summed E-state index contributed by atoms with van der Waals surface area (Å²) in [5.74, 6) is -0.424. The number of allylic oxidation sites excluding steroid dienone is 4. The zero-order valence-corrected chi connectivity index (χ0v) is 18.6. The van der Waals surface area contributed by atoms with Crippen molar-refractivity contribution in [2.45, 2.75) is 67.5 Å². The Morgan fingerprint density at radius 3 is 2.71 bits per heavy atom. The Labute approximate surface area is 182 Å². The topological polar surface area (TPSA) is 84.7 Å². The number of benzene rings is 1. The average Bonchev–Trinajstić information content (AvgIpc) is 3.16. The molecular formula is C22H29F2N3O3S. The van der Waals surface area contributed by atoms with Crippen molar-refractivity contribution >= 4 is 10.0 Å². The molecular weight excluding hydrogens is 424 g/mol. The second kappa shape index (κ2) is 8.04. The second-order valence-electron chi connectivity index (χ2n) is 9.00. The van der Waals surface area contributed by atoms with Crippen LogP contribution in [-0.4, -0.2) is 50.3 Å². The molecule has 1 aromatic rings. The molecule has 1 unspecified atom stereocenters. The van der Waals surface area contributed by atoms with Gasteiger partial charge in [-0.3, -0.25) is 4.90 Å². The summed E-state index contributed by atoms with van der Waals surface area (Å²) >= 11 is 0. The fourth-order valence-electron chi connectivity index (χ4n) is 4.73. The molecule has 2 aliphatic heterocycles. The highest BCUT2D eigenvalue weighted by Crippen LogP contribution is 2.40. The number of hydrogen-bond donors (Lipinski definition) is 2. The molecule has 0 saturated carbocycles. The molecule has 1 aliphatic carbocycles. The Morgan fingerprint density at radius 2 is 2.06 bits per heavy atom. The summed E-state index contributed by atoms with van der Waals surface area (Å²) in [6.07, 6.45) is 4.36. The van der Waals surface area contributed by atoms with E-state index in [1.807, 2.05) is 13.0 Å². The van der Waals surface area contributed by atoms with Crippen LogP contribution in [0.25, 0.3) is 0 Å². The van der Waals surface area contributed by atoms with Gasteiger partial charge in [0.2, 0.25) is 10.0 Å². The van der Waals surface area contributed by atoms with Crippen molar-refractivity contribution in [3.8, 4) is 0 Å². The molecule has 4 rings (SSSR count). The summed E-state index contributed by atoms with van der Waals surface area (Å²) in [6.45, 7) is 3.53. The predicted molar refractivity (Wildman–Crippen MR) is 114 cm³/mol. The first kappa shape index (κ1) is 22.5. The van der Waals surface area contributed by atoms with Gasteiger partial charge in [0.05, 0.1) is 17.1 Å². The van der Waals surface area contributed by atoms with Crippen molar-refractivity contribution in [2.75, 3.05) is 13.7 Å². The molecule has 6 nitrogen and oxygen atoms in total. The van der Waals surface area contributed by atoms with Crippen molar-refractivity contribution in [1.82, 2.24) is 9.62 Å². The fraction of sp³-hybridized carbons (Fsp3) is 0.545. The van der Waals surface area contributed by atoms with Crippen LogP contribution < -0.4 is 10.5 Å². The van der Waals surface area contributed by atoms with E-state index in [4.69, 9.17) is 10.5 Å². The molecule has 31 heavy (non-hydrogen) atoms. The van der Waals surface area contributed by atoms with Gasteiger partial charge >= 0.3 is 0 Å². The largest absolute Gasteiger partial charge is 0.372 e. The van der Waals surface area contributed by atoms with Gasteiger partial charge in [-0.2, -0.15) is 0 Å². The van der Waals surface area contributed by atoms with Gasteiger partial charge in [-0.05, 0) is 61.9 Å². The zero-order valence-electron chi connectivity index (χ0n) is 17.8. The standard InChI is InChI=1S/C22H29F2N3O3S/c1-21(14-22(24)7-5-17(23)6-8-22)20(25)10-18(13-30-21)27-11-15-3-4-19(9-16(15)12-27)31(28,29)26-2/h3-7,9,18,20,26H,8,10-14,25H2,1-2H3/t18-,20+,21-,22?/m1/s1. The third kappa shape index (κ3) is 4.47. The monoisotopic (exact) mass is 453 g/mol. The third-order valence-electron chi connectivity index (χ3n) is 6.76. The van der Waals surface area contributed by atoms with E-state index < -0.39 is 27.1 Å². The van der Waals surface area contributed by atoms with Gasteiger partial charge in [0.25, 0.3) is 0 Å². The first-order valence-electron chi connectivity index (χ1n) is 10.5. The van der Waals surface area contributed by atoms with Gasteiger partial charge in [-0.15, -0.1) is 0 Å². The first-order valence-corrected chi connectivity index (χ1v) is 11.9. The van der Waals surface area contributed by atoms with E-state index in [1.165, 1.54) is 19.2 Å². The summed E-state index contributed by atoms with van der Waals surface area (Å²) < 4.78 is 61.1. The van der Waals surface area contributed by atoms with Crippen molar-refractivity contribution in [3.63, 3.8) is 0 Å². The Hall–Kier alpha value is -1.65. The van der Waals surface area contributed by atoms with E-state index in [0.29, 0.717) is 26.1 Å². The fourth-order valence-corrected chi connectivity index (χ4v) is 5.51. The number of rotatable bonds is 5. The lowest BCUT2D eigenvalue weighted by molar-refractivity contribution is -0.131. The minimum Gasteiger partial charge on any atom is -0.372 e. The number of nitrogens with one attached hydrogen (secondary N) is 1. The summed E-state index contributed by atoms with van der Waals surface area (Å²) in [7, 11) is -2.10. The van der Waals surface area contributed by atoms with Crippen molar-refractivity contribution in [2.24, 2.45) is 5.73 Å². The van der Waals surface area contributed by atoms with E-state index in [-0.39, 0.29) is 29.8 Å². The van der Waals surface area contributed by atoms with Crippen molar-refractivity contribution in [3.05, 3.63) is 53.4 Å². The SMILES string of the molecule is CNS(=O)(=O)c1ccc2c(c1)CN([C@H]1CO[C@](C)(CC3(F)C=CC(F)=CC3)[C@@H](N)C1)C2. The normalized spacial score (nSPS) is 33.9. The summed E-state index contributed by atoms with van der Waals surface area (Å²) in [6, 6.07) is 4.84. The number of ether oxygens (including phenoxy) is 1. The van der Waals surface area contributed by atoms with Crippen molar-refractivity contribution < 1.29 is 21.9 Å². The number of nitrogens with zero attached hydrogens (tertiary/aromatic N) is 1. The van der Waals surface area contributed by atoms with Crippen LogP contribution in [-0.2, 0) is 27.8 Å². The van der Waals surface area contributed by atoms with Crippen LogP contribution in [0.3, 0.4) is 0 Å². The molecule has 170 valence electrons. The van der Waals surface area contributed by atoms with E-state index in [2.05, 4.69) is 9.62 Å². The summed E-state index contributed by atoms with van der Waals surface area (Å²) in [5, 5.41) is 0. The molecule has 3 N–H and O–H groups in total. The van der Waals surface area contributed by atoms with Gasteiger partial charge in [0.1, 0.15) is 11.5 Å². The predicted octanol–water partition coefficient (Wildman–Crippen LogP) is 2.70. The molecule has 4 atom stereocenters. The lowest BCUT2D eigenvalue weighted by atomic mass is 9.78. The van der Waals surface area contributed by atoms with Crippen LogP contribution in [0, 0.1) is 0 Å². The number of nitrogens with two attached hydrogens (primary N) is 1. The molecule has 0 amide bonds. The van der Waals surface area contributed by atoms with Crippen LogP contribution in [0.5, 0.6) is 0 Å². The Balaban J connectivity index is 1.41. The van der Waals surface area contributed by atoms with Crippen LogP contribution in [0.15, 0.2) is 47.1 Å². The smallest absolute Gasteiger partial charge is 0.240 e. The zero-order chi connectivity index (χ0) is 22.4. The first-order chi connectivity index (χ1) is 14.5. The molecule has 0 bridgehead atoms. The van der Waals surface area contributed by atoms with E-state index >= 15 is 4.39 Å². The highest BCUT2D eigenvalue weighted by atomic mass is 32.2. The second-order valence-corrected chi connectivity index (χ2v) is 10.9. The molecule has 3 aliphatic rings. The third-order valence-corrected chi connectivity index (χ3v) is 8.17. The Bertz CT molecular complexity index is 1030. The maximum absolute atomic E-state index is 15.2. The lowest BCUT2D eigenvalue weighted by Crippen LogP contribution is -2.59. The average molecular weight is 454 g/mol. The molecule has 9 heteroatoms.